The largest absolute Gasteiger partial charge is 0.486 e. The number of nitrogens with zero attached hydrogens (tertiary/aromatic N) is 3. The molecule has 0 N–H and O–H groups in total. The van der Waals surface area contributed by atoms with Gasteiger partial charge in [-0.2, -0.15) is 0 Å². The fourth-order valence-corrected chi connectivity index (χ4v) is 2.42. The Hall–Kier alpha value is -2.54. The van der Waals surface area contributed by atoms with Crippen LogP contribution in [0.4, 0.5) is 5.69 Å². The maximum Gasteiger partial charge on any atom is 0.279 e. The van der Waals surface area contributed by atoms with E-state index in [1.807, 2.05) is 5.38 Å². The first-order valence-electron chi connectivity index (χ1n) is 5.78. The van der Waals surface area contributed by atoms with Crippen LogP contribution in [-0.2, 0) is 6.61 Å². The lowest BCUT2D eigenvalue weighted by Gasteiger charge is -2.08. The van der Waals surface area contributed by atoms with Gasteiger partial charge < -0.3 is 4.74 Å². The molecule has 0 bridgehead atoms. The molecule has 0 saturated heterocycles. The quantitative estimate of drug-likeness (QED) is 0.544. The SMILES string of the molecule is O=[N+]([O-])c1ccc(OCc2nccs2)c2ccncc12. The summed E-state index contributed by atoms with van der Waals surface area (Å²) < 4.78 is 5.70. The minimum Gasteiger partial charge on any atom is -0.486 e. The van der Waals surface area contributed by atoms with Gasteiger partial charge >= 0.3 is 0 Å². The molecular formula is C13H9N3O3S. The number of hydrogen-bond acceptors (Lipinski definition) is 6. The molecule has 0 atom stereocenters. The molecule has 100 valence electrons. The zero-order valence-electron chi connectivity index (χ0n) is 10.2. The summed E-state index contributed by atoms with van der Waals surface area (Å²) in [4.78, 5) is 18.6. The van der Waals surface area contributed by atoms with E-state index in [0.29, 0.717) is 23.1 Å². The fourth-order valence-electron chi connectivity index (χ4n) is 1.90. The van der Waals surface area contributed by atoms with Crippen LogP contribution in [0, 0.1) is 10.1 Å². The maximum absolute atomic E-state index is 11.0. The topological polar surface area (TPSA) is 78.2 Å². The second kappa shape index (κ2) is 5.22. The molecule has 0 spiro atoms. The highest BCUT2D eigenvalue weighted by atomic mass is 32.1. The maximum atomic E-state index is 11.0. The van der Waals surface area contributed by atoms with Crippen molar-refractivity contribution in [2.24, 2.45) is 0 Å². The predicted octanol–water partition coefficient (Wildman–Crippen LogP) is 3.18. The fraction of sp³-hybridized carbons (Fsp3) is 0.0769. The van der Waals surface area contributed by atoms with Crippen LogP contribution in [0.2, 0.25) is 0 Å². The summed E-state index contributed by atoms with van der Waals surface area (Å²) in [6.45, 7) is 0.340. The van der Waals surface area contributed by atoms with Gasteiger partial charge in [-0.1, -0.05) is 0 Å². The molecule has 3 aromatic rings. The zero-order chi connectivity index (χ0) is 13.9. The van der Waals surface area contributed by atoms with E-state index in [0.717, 1.165) is 5.01 Å². The summed E-state index contributed by atoms with van der Waals surface area (Å²) in [5.41, 5.74) is 0.0229. The Labute approximate surface area is 117 Å². The number of pyridine rings is 1. The van der Waals surface area contributed by atoms with Gasteiger partial charge in [0.1, 0.15) is 17.4 Å². The number of fused-ring (bicyclic) bond motifs is 1. The van der Waals surface area contributed by atoms with E-state index in [1.54, 1.807) is 24.5 Å². The summed E-state index contributed by atoms with van der Waals surface area (Å²) in [5.74, 6) is 0.586. The number of non-ortho nitro benzene ring substituents is 1. The Morgan fingerprint density at radius 1 is 1.25 bits per heavy atom. The third kappa shape index (κ3) is 2.30. The van der Waals surface area contributed by atoms with Crippen molar-refractivity contribution < 1.29 is 9.66 Å². The van der Waals surface area contributed by atoms with Crippen LogP contribution in [0.5, 0.6) is 5.75 Å². The predicted molar refractivity (Wildman–Crippen MR) is 74.8 cm³/mol. The third-order valence-electron chi connectivity index (χ3n) is 2.79. The number of nitro benzene ring substituents is 1. The second-order valence-corrected chi connectivity index (χ2v) is 4.95. The summed E-state index contributed by atoms with van der Waals surface area (Å²) in [6.07, 6.45) is 4.77. The summed E-state index contributed by atoms with van der Waals surface area (Å²) in [5, 5.41) is 14.9. The minimum atomic E-state index is -0.422. The lowest BCUT2D eigenvalue weighted by atomic mass is 10.1. The number of hydrogen-bond donors (Lipinski definition) is 0. The molecule has 0 saturated carbocycles. The van der Waals surface area contributed by atoms with Gasteiger partial charge in [0.25, 0.3) is 5.69 Å². The van der Waals surface area contributed by atoms with Crippen LogP contribution in [0.3, 0.4) is 0 Å². The smallest absolute Gasteiger partial charge is 0.279 e. The molecule has 0 fully saturated rings. The molecule has 7 heteroatoms. The zero-order valence-corrected chi connectivity index (χ0v) is 11.0. The number of rotatable bonds is 4. The molecule has 20 heavy (non-hydrogen) atoms. The van der Waals surface area contributed by atoms with Gasteiger partial charge in [-0.25, -0.2) is 4.98 Å². The highest BCUT2D eigenvalue weighted by Gasteiger charge is 2.15. The first-order chi connectivity index (χ1) is 9.75. The van der Waals surface area contributed by atoms with E-state index in [1.165, 1.54) is 23.6 Å². The monoisotopic (exact) mass is 287 g/mol. The third-order valence-corrected chi connectivity index (χ3v) is 3.54. The van der Waals surface area contributed by atoms with Crippen molar-refractivity contribution >= 4 is 27.8 Å². The van der Waals surface area contributed by atoms with Crippen molar-refractivity contribution in [2.75, 3.05) is 0 Å². The average molecular weight is 287 g/mol. The molecule has 1 aromatic carbocycles. The van der Waals surface area contributed by atoms with E-state index in [-0.39, 0.29) is 5.69 Å². The van der Waals surface area contributed by atoms with Crippen LogP contribution in [0.15, 0.2) is 42.2 Å². The van der Waals surface area contributed by atoms with Gasteiger partial charge in [0.2, 0.25) is 0 Å². The van der Waals surface area contributed by atoms with Gasteiger partial charge in [0.05, 0.1) is 10.3 Å². The summed E-state index contributed by atoms with van der Waals surface area (Å²) in [6, 6.07) is 4.74. The normalized spacial score (nSPS) is 10.6. The van der Waals surface area contributed by atoms with Gasteiger partial charge in [-0.15, -0.1) is 11.3 Å². The van der Waals surface area contributed by atoms with Crippen molar-refractivity contribution in [1.29, 1.82) is 0 Å². The lowest BCUT2D eigenvalue weighted by Crippen LogP contribution is -1.97. The first kappa shape index (κ1) is 12.5. The molecule has 6 nitrogen and oxygen atoms in total. The molecular weight excluding hydrogens is 278 g/mol. The minimum absolute atomic E-state index is 0.0229. The summed E-state index contributed by atoms with van der Waals surface area (Å²) in [7, 11) is 0. The van der Waals surface area contributed by atoms with Crippen LogP contribution < -0.4 is 4.74 Å². The molecule has 3 rings (SSSR count). The highest BCUT2D eigenvalue weighted by Crippen LogP contribution is 2.32. The van der Waals surface area contributed by atoms with Crippen molar-refractivity contribution in [3.63, 3.8) is 0 Å². The number of thiazole rings is 1. The van der Waals surface area contributed by atoms with Crippen LogP contribution in [0.25, 0.3) is 10.8 Å². The van der Waals surface area contributed by atoms with Gasteiger partial charge in [-0.3, -0.25) is 15.1 Å². The Morgan fingerprint density at radius 2 is 2.15 bits per heavy atom. The van der Waals surface area contributed by atoms with Crippen LogP contribution >= 0.6 is 11.3 Å². The number of aromatic nitrogens is 2. The van der Waals surface area contributed by atoms with E-state index >= 15 is 0 Å². The molecule has 2 aromatic heterocycles. The first-order valence-corrected chi connectivity index (χ1v) is 6.66. The Balaban J connectivity index is 1.99. The van der Waals surface area contributed by atoms with Crippen LogP contribution in [0.1, 0.15) is 5.01 Å². The Bertz CT molecular complexity index is 759. The molecule has 0 radical (unpaired) electrons. The summed E-state index contributed by atoms with van der Waals surface area (Å²) >= 11 is 1.50. The van der Waals surface area contributed by atoms with Gasteiger partial charge in [-0.05, 0) is 12.1 Å². The highest BCUT2D eigenvalue weighted by molar-refractivity contribution is 7.09. The van der Waals surface area contributed by atoms with Crippen molar-refractivity contribution in [3.8, 4) is 5.75 Å². The standard InChI is InChI=1S/C13H9N3O3S/c17-16(18)11-1-2-12(9-3-4-14-7-10(9)11)19-8-13-15-5-6-20-13/h1-7H,8H2. The molecule has 2 heterocycles. The van der Waals surface area contributed by atoms with E-state index in [4.69, 9.17) is 4.74 Å². The molecule has 0 aliphatic rings. The van der Waals surface area contributed by atoms with Crippen LogP contribution in [-0.4, -0.2) is 14.9 Å². The van der Waals surface area contributed by atoms with E-state index in [9.17, 15) is 10.1 Å². The molecule has 0 aliphatic heterocycles. The van der Waals surface area contributed by atoms with Crippen molar-refractivity contribution in [2.45, 2.75) is 6.61 Å². The number of ether oxygens (including phenoxy) is 1. The lowest BCUT2D eigenvalue weighted by molar-refractivity contribution is -0.383. The van der Waals surface area contributed by atoms with E-state index < -0.39 is 4.92 Å². The Kier molecular flexibility index (Phi) is 3.26. The molecule has 0 amide bonds. The molecule has 0 unspecified atom stereocenters. The number of nitro groups is 1. The second-order valence-electron chi connectivity index (χ2n) is 3.98. The average Bonchev–Trinajstić information content (AvgIpc) is 2.97. The van der Waals surface area contributed by atoms with Gasteiger partial charge in [0, 0.05) is 35.4 Å². The van der Waals surface area contributed by atoms with Crippen molar-refractivity contribution in [3.05, 3.63) is 57.3 Å². The number of benzene rings is 1. The Morgan fingerprint density at radius 3 is 2.90 bits per heavy atom. The van der Waals surface area contributed by atoms with E-state index in [2.05, 4.69) is 9.97 Å². The van der Waals surface area contributed by atoms with Crippen molar-refractivity contribution in [1.82, 2.24) is 9.97 Å². The molecule has 0 aliphatic carbocycles. The van der Waals surface area contributed by atoms with Gasteiger partial charge in [0.15, 0.2) is 0 Å².